The van der Waals surface area contributed by atoms with Crippen molar-refractivity contribution in [3.05, 3.63) is 52.6 Å². The minimum atomic E-state index is -0.716. The number of hydrogen-bond donors (Lipinski definition) is 2. The average molecular weight is 344 g/mol. The maximum absolute atomic E-state index is 12.3. The van der Waals surface area contributed by atoms with Gasteiger partial charge in [0, 0.05) is 6.54 Å². The fourth-order valence-electron chi connectivity index (χ4n) is 2.45. The average Bonchev–Trinajstić information content (AvgIpc) is 3.02. The molecule has 1 aromatic carbocycles. The molecular formula is C17H16N2O4S. The number of rotatable bonds is 5. The summed E-state index contributed by atoms with van der Waals surface area (Å²) < 4.78 is 5.41. The Morgan fingerprint density at radius 3 is 3.08 bits per heavy atom. The summed E-state index contributed by atoms with van der Waals surface area (Å²) in [5.74, 6) is -0.871. The van der Waals surface area contributed by atoms with Crippen molar-refractivity contribution in [2.75, 3.05) is 6.61 Å². The lowest BCUT2D eigenvalue weighted by Crippen LogP contribution is -2.34. The third-order valence-corrected chi connectivity index (χ3v) is 4.59. The Labute approximate surface area is 143 Å². The Balaban J connectivity index is 1.70. The van der Waals surface area contributed by atoms with E-state index in [4.69, 9.17) is 4.74 Å². The SMILES string of the molecule is CCOc1cccc(CNC(=O)C2=C(O)C3SC=CC3=NC2=O)c1. The lowest BCUT2D eigenvalue weighted by atomic mass is 10.0. The zero-order chi connectivity index (χ0) is 17.1. The fraction of sp³-hybridized carbons (Fsp3) is 0.235. The van der Waals surface area contributed by atoms with Gasteiger partial charge in [0.15, 0.2) is 0 Å². The fourth-order valence-corrected chi connectivity index (χ4v) is 3.35. The maximum Gasteiger partial charge on any atom is 0.286 e. The van der Waals surface area contributed by atoms with Gasteiger partial charge in [-0.15, -0.1) is 11.8 Å². The quantitative estimate of drug-likeness (QED) is 0.799. The van der Waals surface area contributed by atoms with Crippen LogP contribution in [0.4, 0.5) is 0 Å². The smallest absolute Gasteiger partial charge is 0.286 e. The number of nitrogens with one attached hydrogen (secondary N) is 1. The molecule has 0 radical (unpaired) electrons. The van der Waals surface area contributed by atoms with Gasteiger partial charge in [0.25, 0.3) is 11.8 Å². The van der Waals surface area contributed by atoms with Crippen molar-refractivity contribution in [2.45, 2.75) is 18.7 Å². The van der Waals surface area contributed by atoms with Crippen LogP contribution in [0.5, 0.6) is 5.75 Å². The zero-order valence-electron chi connectivity index (χ0n) is 13.0. The van der Waals surface area contributed by atoms with Crippen molar-refractivity contribution >= 4 is 29.3 Å². The van der Waals surface area contributed by atoms with Gasteiger partial charge in [-0.05, 0) is 36.1 Å². The van der Waals surface area contributed by atoms with Gasteiger partial charge >= 0.3 is 0 Å². The molecule has 0 spiro atoms. The number of allylic oxidation sites excluding steroid dienone is 1. The number of hydrogen-bond acceptors (Lipinski definition) is 5. The van der Waals surface area contributed by atoms with Crippen molar-refractivity contribution in [2.24, 2.45) is 4.99 Å². The van der Waals surface area contributed by atoms with Crippen molar-refractivity contribution in [1.82, 2.24) is 5.32 Å². The lowest BCUT2D eigenvalue weighted by Gasteiger charge is -2.18. The molecule has 0 saturated carbocycles. The highest BCUT2D eigenvalue weighted by Gasteiger charge is 2.36. The van der Waals surface area contributed by atoms with Crippen LogP contribution in [-0.4, -0.2) is 34.5 Å². The van der Waals surface area contributed by atoms with E-state index < -0.39 is 17.1 Å². The number of aliphatic hydroxyl groups excluding tert-OH is 1. The number of benzene rings is 1. The summed E-state index contributed by atoms with van der Waals surface area (Å²) in [4.78, 5) is 28.2. The largest absolute Gasteiger partial charge is 0.510 e. The summed E-state index contributed by atoms with van der Waals surface area (Å²) in [6.07, 6.45) is 1.66. The first-order chi connectivity index (χ1) is 11.6. The summed E-state index contributed by atoms with van der Waals surface area (Å²) in [5.41, 5.74) is 1.02. The van der Waals surface area contributed by atoms with Gasteiger partial charge in [-0.3, -0.25) is 9.59 Å². The van der Waals surface area contributed by atoms with Crippen molar-refractivity contribution < 1.29 is 19.4 Å². The van der Waals surface area contributed by atoms with Crippen molar-refractivity contribution in [1.29, 1.82) is 0 Å². The molecule has 3 rings (SSSR count). The van der Waals surface area contributed by atoms with E-state index in [0.29, 0.717) is 18.1 Å². The monoisotopic (exact) mass is 344 g/mol. The van der Waals surface area contributed by atoms with Gasteiger partial charge in [0.2, 0.25) is 0 Å². The van der Waals surface area contributed by atoms with E-state index in [1.807, 2.05) is 31.2 Å². The molecule has 0 bridgehead atoms. The molecule has 0 fully saturated rings. The number of carbonyl (C=O) groups excluding carboxylic acids is 2. The highest BCUT2D eigenvalue weighted by Crippen LogP contribution is 2.32. The van der Waals surface area contributed by atoms with Crippen LogP contribution in [0, 0.1) is 0 Å². The Hall–Kier alpha value is -2.54. The third kappa shape index (κ3) is 3.21. The molecule has 24 heavy (non-hydrogen) atoms. The number of aliphatic hydroxyl groups is 1. The first kappa shape index (κ1) is 16.3. The number of dihydropyridines is 1. The van der Waals surface area contributed by atoms with E-state index in [0.717, 1.165) is 5.56 Å². The molecule has 7 heteroatoms. The van der Waals surface area contributed by atoms with Crippen molar-refractivity contribution in [3.63, 3.8) is 0 Å². The van der Waals surface area contributed by atoms with Crippen molar-refractivity contribution in [3.8, 4) is 5.75 Å². The van der Waals surface area contributed by atoms with Crippen LogP contribution in [-0.2, 0) is 16.1 Å². The highest BCUT2D eigenvalue weighted by atomic mass is 32.2. The van der Waals surface area contributed by atoms with Crippen LogP contribution < -0.4 is 10.1 Å². The third-order valence-electron chi connectivity index (χ3n) is 3.56. The second kappa shape index (κ2) is 6.92. The Kier molecular flexibility index (Phi) is 4.71. The number of nitrogens with zero attached hydrogens (tertiary/aromatic N) is 1. The molecule has 0 aromatic heterocycles. The molecule has 0 aliphatic carbocycles. The molecule has 1 atom stereocenters. The molecule has 1 aromatic rings. The van der Waals surface area contributed by atoms with Crippen LogP contribution in [0.3, 0.4) is 0 Å². The molecule has 2 amide bonds. The summed E-state index contributed by atoms with van der Waals surface area (Å²) in [6.45, 7) is 2.66. The number of thioether (sulfide) groups is 1. The molecule has 124 valence electrons. The number of aliphatic imine (C=N–C) groups is 1. The zero-order valence-corrected chi connectivity index (χ0v) is 13.8. The minimum Gasteiger partial charge on any atom is -0.510 e. The van der Waals surface area contributed by atoms with E-state index in [2.05, 4.69) is 10.3 Å². The molecule has 6 nitrogen and oxygen atoms in total. The molecule has 1 unspecified atom stereocenters. The van der Waals surface area contributed by atoms with Crippen LogP contribution in [0.15, 0.2) is 52.1 Å². The van der Waals surface area contributed by atoms with E-state index in [1.54, 1.807) is 11.5 Å². The number of ether oxygens (including phenoxy) is 1. The first-order valence-corrected chi connectivity index (χ1v) is 8.42. The number of fused-ring (bicyclic) bond motifs is 1. The predicted octanol–water partition coefficient (Wildman–Crippen LogP) is 2.12. The summed E-state index contributed by atoms with van der Waals surface area (Å²) >= 11 is 1.31. The standard InChI is InChI=1S/C17H16N2O4S/c1-2-23-11-5-3-4-10(8-11)9-18-16(21)13-14(20)15-12(6-7-24-15)19-17(13)22/h3-8,15,20H,2,9H2,1H3,(H,18,21). The normalized spacial score (nSPS) is 19.1. The Morgan fingerprint density at radius 1 is 1.46 bits per heavy atom. The second-order valence-electron chi connectivity index (χ2n) is 5.18. The van der Waals surface area contributed by atoms with Crippen LogP contribution in [0.2, 0.25) is 0 Å². The summed E-state index contributed by atoms with van der Waals surface area (Å²) in [7, 11) is 0. The van der Waals surface area contributed by atoms with Gasteiger partial charge < -0.3 is 15.2 Å². The van der Waals surface area contributed by atoms with Gasteiger partial charge in [-0.1, -0.05) is 12.1 Å². The maximum atomic E-state index is 12.3. The van der Waals surface area contributed by atoms with Gasteiger partial charge in [0.05, 0.1) is 12.3 Å². The molecule has 0 saturated heterocycles. The molecular weight excluding hydrogens is 328 g/mol. The first-order valence-electron chi connectivity index (χ1n) is 7.48. The molecule has 2 aliphatic heterocycles. The van der Waals surface area contributed by atoms with Crippen LogP contribution in [0.1, 0.15) is 12.5 Å². The Morgan fingerprint density at radius 2 is 2.29 bits per heavy atom. The van der Waals surface area contributed by atoms with E-state index in [1.165, 1.54) is 11.8 Å². The van der Waals surface area contributed by atoms with Gasteiger partial charge in [-0.25, -0.2) is 4.99 Å². The molecule has 2 N–H and O–H groups in total. The minimum absolute atomic E-state index is 0.219. The van der Waals surface area contributed by atoms with Crippen LogP contribution >= 0.6 is 11.8 Å². The van der Waals surface area contributed by atoms with Gasteiger partial charge in [-0.2, -0.15) is 0 Å². The van der Waals surface area contributed by atoms with Gasteiger partial charge in [0.1, 0.15) is 22.3 Å². The number of amides is 2. The summed E-state index contributed by atoms with van der Waals surface area (Å²) in [6, 6.07) is 7.31. The number of carbonyl (C=O) groups is 2. The predicted molar refractivity (Wildman–Crippen MR) is 92.1 cm³/mol. The van der Waals surface area contributed by atoms with Crippen LogP contribution in [0.25, 0.3) is 0 Å². The Bertz CT molecular complexity index is 783. The summed E-state index contributed by atoms with van der Waals surface area (Å²) in [5, 5.41) is 14.1. The second-order valence-corrected chi connectivity index (χ2v) is 6.20. The van der Waals surface area contributed by atoms with E-state index in [9.17, 15) is 14.7 Å². The van der Waals surface area contributed by atoms with E-state index >= 15 is 0 Å². The molecule has 2 heterocycles. The highest BCUT2D eigenvalue weighted by molar-refractivity contribution is 8.04. The topological polar surface area (TPSA) is 88.0 Å². The lowest BCUT2D eigenvalue weighted by molar-refractivity contribution is -0.122. The van der Waals surface area contributed by atoms with E-state index in [-0.39, 0.29) is 17.9 Å². The molecule has 2 aliphatic rings.